The number of aliphatic carboxylic acids is 1. The Hall–Kier alpha value is -0.100. The molecule has 0 aliphatic carbocycles. The normalized spacial score (nSPS) is 8.73. The van der Waals surface area contributed by atoms with Crippen molar-refractivity contribution < 1.29 is 50.9 Å². The second-order valence-corrected chi connectivity index (χ2v) is 2.05. The number of rotatable bonds is 1. The smallest absolute Gasteiger partial charge is 1.00 e. The molecule has 0 heterocycles. The molecule has 0 fully saturated rings. The van der Waals surface area contributed by atoms with E-state index in [-0.39, 0.29) is 36.0 Å². The molecular formula is C5H10NNaO4. The number of amides is 1. The van der Waals surface area contributed by atoms with Crippen LogP contribution < -0.4 is 29.6 Å². The molecule has 0 unspecified atom stereocenters. The maximum atomic E-state index is 10.4. The van der Waals surface area contributed by atoms with Gasteiger partial charge in [0.05, 0.1) is 6.04 Å². The molecule has 1 amide bonds. The second kappa shape index (κ2) is 5.54. The van der Waals surface area contributed by atoms with Crippen molar-refractivity contribution in [1.29, 1.82) is 0 Å². The molecule has 2 N–H and O–H groups in total. The van der Waals surface area contributed by atoms with Gasteiger partial charge in [-0.15, -0.1) is 0 Å². The van der Waals surface area contributed by atoms with Crippen molar-refractivity contribution in [3.63, 3.8) is 0 Å². The Labute approximate surface area is 87.7 Å². The Kier molecular flexibility index (Phi) is 6.79. The monoisotopic (exact) mass is 171 g/mol. The molecule has 0 bridgehead atoms. The fourth-order valence-corrected chi connectivity index (χ4v) is 0.333. The zero-order valence-electron chi connectivity index (χ0n) is 7.74. The van der Waals surface area contributed by atoms with E-state index in [0.717, 1.165) is 0 Å². The Morgan fingerprint density at radius 2 is 1.82 bits per heavy atom. The molecule has 0 radical (unpaired) electrons. The Bertz CT molecular complexity index is 164. The fraction of sp³-hybridized carbons (Fsp3) is 0.600. The van der Waals surface area contributed by atoms with Gasteiger partial charge in [-0.2, -0.15) is 0 Å². The number of carbonyl (C=O) groups is 2. The van der Waals surface area contributed by atoms with Crippen LogP contribution >= 0.6 is 0 Å². The molecule has 0 aromatic heterocycles. The van der Waals surface area contributed by atoms with Crippen LogP contribution in [-0.4, -0.2) is 33.3 Å². The van der Waals surface area contributed by atoms with E-state index in [0.29, 0.717) is 0 Å². The van der Waals surface area contributed by atoms with Crippen LogP contribution in [0.4, 0.5) is 0 Å². The van der Waals surface area contributed by atoms with E-state index in [4.69, 9.17) is 10.3 Å². The van der Waals surface area contributed by atoms with Crippen LogP contribution in [0.2, 0.25) is 0 Å². The van der Waals surface area contributed by atoms with Crippen LogP contribution in [0.1, 0.15) is 15.3 Å². The van der Waals surface area contributed by atoms with Crippen LogP contribution in [0, 0.1) is 0 Å². The average molecular weight is 171 g/mol. The van der Waals surface area contributed by atoms with Crippen LogP contribution in [0.15, 0.2) is 0 Å². The summed E-state index contributed by atoms with van der Waals surface area (Å²) in [4.78, 5) is 20.3. The largest absolute Gasteiger partial charge is 1.00 e. The molecule has 0 saturated carbocycles. The first-order valence-electron chi connectivity index (χ1n) is 2.72. The van der Waals surface area contributed by atoms with E-state index in [2.05, 4.69) is 0 Å². The third-order valence-corrected chi connectivity index (χ3v) is 0.880. The summed E-state index contributed by atoms with van der Waals surface area (Å²) in [6.07, 6.45) is 0. The van der Waals surface area contributed by atoms with Crippen LogP contribution in [0.25, 0.3) is 0 Å². The topological polar surface area (TPSA) is 77.8 Å². The van der Waals surface area contributed by atoms with Gasteiger partial charge in [0.2, 0.25) is 0 Å². The van der Waals surface area contributed by atoms with E-state index in [1.807, 2.05) is 0 Å². The third-order valence-electron chi connectivity index (χ3n) is 0.880. The number of carboxylic acid groups (broad SMARTS) is 1. The quantitative estimate of drug-likeness (QED) is 0.189. The summed E-state index contributed by atoms with van der Waals surface area (Å²) in [5.74, 6) is -2.97. The van der Waals surface area contributed by atoms with E-state index in [9.17, 15) is 9.59 Å². The molecule has 0 rings (SSSR count). The predicted molar refractivity (Wildman–Crippen MR) is 32.5 cm³/mol. The molecule has 6 heteroatoms. The van der Waals surface area contributed by atoms with Crippen molar-refractivity contribution in [2.75, 3.05) is 0 Å². The summed E-state index contributed by atoms with van der Waals surface area (Å²) in [5.41, 5.74) is 0. The molecule has 60 valence electrons. The SMILES string of the molecule is CC(C)N(O)C(=O)C(=O)O.[H-].[Na+]. The fourth-order valence-electron chi connectivity index (χ4n) is 0.333. The van der Waals surface area contributed by atoms with Gasteiger partial charge in [-0.3, -0.25) is 10.0 Å². The zero-order valence-corrected chi connectivity index (χ0v) is 8.74. The van der Waals surface area contributed by atoms with Gasteiger partial charge in [0, 0.05) is 0 Å². The molecule has 11 heavy (non-hydrogen) atoms. The molecular weight excluding hydrogens is 161 g/mol. The van der Waals surface area contributed by atoms with Crippen molar-refractivity contribution in [3.05, 3.63) is 0 Å². The molecule has 0 aliphatic heterocycles. The molecule has 0 aromatic carbocycles. The third kappa shape index (κ3) is 4.36. The maximum absolute atomic E-state index is 10.4. The first-order valence-corrected chi connectivity index (χ1v) is 2.72. The van der Waals surface area contributed by atoms with Crippen LogP contribution in [0.3, 0.4) is 0 Å². The van der Waals surface area contributed by atoms with E-state index in [1.54, 1.807) is 0 Å². The van der Waals surface area contributed by atoms with Gasteiger partial charge >= 0.3 is 41.4 Å². The summed E-state index contributed by atoms with van der Waals surface area (Å²) in [6.45, 7) is 3.00. The summed E-state index contributed by atoms with van der Waals surface area (Å²) in [7, 11) is 0. The number of nitrogens with zero attached hydrogens (tertiary/aromatic N) is 1. The van der Waals surface area contributed by atoms with E-state index in [1.165, 1.54) is 13.8 Å². The molecule has 0 aliphatic rings. The number of carbonyl (C=O) groups excluding carboxylic acids is 1. The first kappa shape index (κ1) is 13.5. The summed E-state index contributed by atoms with van der Waals surface area (Å²) in [5, 5.41) is 16.9. The minimum absolute atomic E-state index is 0. The van der Waals surface area contributed by atoms with Crippen LogP contribution in [-0.2, 0) is 9.59 Å². The average Bonchev–Trinajstić information content (AvgIpc) is 1.84. The van der Waals surface area contributed by atoms with Crippen molar-refractivity contribution in [2.24, 2.45) is 0 Å². The van der Waals surface area contributed by atoms with E-state index >= 15 is 0 Å². The van der Waals surface area contributed by atoms with Gasteiger partial charge in [0.1, 0.15) is 0 Å². The minimum Gasteiger partial charge on any atom is -1.00 e. The van der Waals surface area contributed by atoms with Gasteiger partial charge in [-0.1, -0.05) is 0 Å². The molecule has 0 spiro atoms. The Morgan fingerprint density at radius 1 is 1.45 bits per heavy atom. The summed E-state index contributed by atoms with van der Waals surface area (Å²) < 4.78 is 0. The number of hydroxylamine groups is 2. The van der Waals surface area contributed by atoms with Crippen molar-refractivity contribution in [2.45, 2.75) is 19.9 Å². The predicted octanol–water partition coefficient (Wildman–Crippen LogP) is -3.19. The Morgan fingerprint density at radius 3 is 1.91 bits per heavy atom. The van der Waals surface area contributed by atoms with Crippen LogP contribution in [0.5, 0.6) is 0 Å². The first-order chi connectivity index (χ1) is 4.46. The summed E-state index contributed by atoms with van der Waals surface area (Å²) >= 11 is 0. The standard InChI is InChI=1S/C5H9NO4.Na.H/c1-3(2)6(10)4(7)5(8)9;;/h3,10H,1-2H3,(H,8,9);;/q;+1;-1. The van der Waals surface area contributed by atoms with E-state index < -0.39 is 17.9 Å². The number of carboxylic acids is 1. The second-order valence-electron chi connectivity index (χ2n) is 2.05. The number of hydrogen-bond acceptors (Lipinski definition) is 3. The van der Waals surface area contributed by atoms with Gasteiger partial charge in [-0.05, 0) is 13.8 Å². The molecule has 0 atom stereocenters. The molecule has 5 nitrogen and oxygen atoms in total. The number of hydrogen-bond donors (Lipinski definition) is 2. The zero-order chi connectivity index (χ0) is 8.31. The van der Waals surface area contributed by atoms with Crippen molar-refractivity contribution >= 4 is 11.9 Å². The minimum atomic E-state index is -1.66. The van der Waals surface area contributed by atoms with Gasteiger partial charge < -0.3 is 6.53 Å². The van der Waals surface area contributed by atoms with Gasteiger partial charge in [-0.25, -0.2) is 9.86 Å². The van der Waals surface area contributed by atoms with Crippen molar-refractivity contribution in [1.82, 2.24) is 5.06 Å². The Balaban J connectivity index is -0.000000405. The van der Waals surface area contributed by atoms with Gasteiger partial charge in [0.25, 0.3) is 0 Å². The maximum Gasteiger partial charge on any atom is 1.00 e. The van der Waals surface area contributed by atoms with Gasteiger partial charge in [0.15, 0.2) is 0 Å². The summed E-state index contributed by atoms with van der Waals surface area (Å²) in [6, 6.07) is -0.511. The van der Waals surface area contributed by atoms with Crippen molar-refractivity contribution in [3.8, 4) is 0 Å². The molecule has 0 aromatic rings. The molecule has 0 saturated heterocycles.